The molecule has 0 radical (unpaired) electrons. The summed E-state index contributed by atoms with van der Waals surface area (Å²) in [5, 5.41) is 2.73. The van der Waals surface area contributed by atoms with Crippen LogP contribution in [0, 0.1) is 0 Å². The van der Waals surface area contributed by atoms with Crippen LogP contribution in [0.5, 0.6) is 5.75 Å². The molecule has 0 aromatic heterocycles. The maximum Gasteiger partial charge on any atom is 0.416 e. The SMILES string of the molecule is CCOc1ccccc1NC(=O)CN(C)Cc1ccccc1C(F)(F)F. The molecule has 4 nitrogen and oxygen atoms in total. The fraction of sp³-hybridized carbons (Fsp3) is 0.316. The number of ether oxygens (including phenoxy) is 1. The van der Waals surface area contributed by atoms with Crippen molar-refractivity contribution in [3.8, 4) is 5.75 Å². The number of alkyl halides is 3. The zero-order valence-corrected chi connectivity index (χ0v) is 14.6. The third-order valence-corrected chi connectivity index (χ3v) is 3.64. The fourth-order valence-corrected chi connectivity index (χ4v) is 2.57. The van der Waals surface area contributed by atoms with E-state index in [4.69, 9.17) is 4.74 Å². The average Bonchev–Trinajstić information content (AvgIpc) is 2.56. The predicted octanol–water partition coefficient (Wildman–Crippen LogP) is 4.17. The first kappa shape index (κ1) is 19.8. The monoisotopic (exact) mass is 366 g/mol. The van der Waals surface area contributed by atoms with Gasteiger partial charge in [-0.15, -0.1) is 0 Å². The Hall–Kier alpha value is -2.54. The lowest BCUT2D eigenvalue weighted by atomic mass is 10.1. The number of halogens is 3. The number of benzene rings is 2. The van der Waals surface area contributed by atoms with E-state index in [-0.39, 0.29) is 24.6 Å². The molecule has 0 atom stereocenters. The summed E-state index contributed by atoms with van der Waals surface area (Å²) < 4.78 is 44.6. The zero-order valence-electron chi connectivity index (χ0n) is 14.6. The highest BCUT2D eigenvalue weighted by atomic mass is 19.4. The van der Waals surface area contributed by atoms with E-state index in [0.29, 0.717) is 18.0 Å². The first-order chi connectivity index (χ1) is 12.3. The molecule has 2 rings (SSSR count). The van der Waals surface area contributed by atoms with Crippen molar-refractivity contribution in [2.75, 3.05) is 25.5 Å². The van der Waals surface area contributed by atoms with Gasteiger partial charge in [-0.1, -0.05) is 30.3 Å². The average molecular weight is 366 g/mol. The fourth-order valence-electron chi connectivity index (χ4n) is 2.57. The van der Waals surface area contributed by atoms with E-state index in [0.717, 1.165) is 6.07 Å². The van der Waals surface area contributed by atoms with Crippen LogP contribution in [0.2, 0.25) is 0 Å². The molecule has 0 aliphatic carbocycles. The molecule has 0 spiro atoms. The number of anilines is 1. The number of likely N-dealkylation sites (N-methyl/N-ethyl adjacent to an activating group) is 1. The Balaban J connectivity index is 2.01. The Morgan fingerprint density at radius 2 is 1.77 bits per heavy atom. The van der Waals surface area contributed by atoms with E-state index < -0.39 is 11.7 Å². The van der Waals surface area contributed by atoms with E-state index in [1.54, 1.807) is 37.4 Å². The van der Waals surface area contributed by atoms with Crippen LogP contribution in [0.15, 0.2) is 48.5 Å². The maximum absolute atomic E-state index is 13.1. The first-order valence-corrected chi connectivity index (χ1v) is 8.16. The van der Waals surface area contributed by atoms with Gasteiger partial charge in [-0.3, -0.25) is 9.69 Å². The Bertz CT molecular complexity index is 748. The van der Waals surface area contributed by atoms with Crippen molar-refractivity contribution in [2.24, 2.45) is 0 Å². The van der Waals surface area contributed by atoms with Gasteiger partial charge in [0.15, 0.2) is 0 Å². The molecule has 0 bridgehead atoms. The second-order valence-electron chi connectivity index (χ2n) is 5.80. The molecule has 1 N–H and O–H groups in total. The van der Waals surface area contributed by atoms with Crippen LogP contribution in [-0.4, -0.2) is 31.0 Å². The number of carbonyl (C=O) groups excluding carboxylic acids is 1. The Labute approximate surface area is 150 Å². The molecule has 7 heteroatoms. The minimum absolute atomic E-state index is 0.0101. The molecule has 0 heterocycles. The molecule has 2 aromatic carbocycles. The van der Waals surface area contributed by atoms with Gasteiger partial charge in [-0.2, -0.15) is 13.2 Å². The molecule has 0 aliphatic rings. The molecular formula is C19H21F3N2O2. The normalized spacial score (nSPS) is 11.5. The quantitative estimate of drug-likeness (QED) is 0.800. The molecule has 0 saturated heterocycles. The van der Waals surface area contributed by atoms with Crippen LogP contribution >= 0.6 is 0 Å². The van der Waals surface area contributed by atoms with Crippen LogP contribution in [-0.2, 0) is 17.5 Å². The highest BCUT2D eigenvalue weighted by Crippen LogP contribution is 2.32. The van der Waals surface area contributed by atoms with E-state index >= 15 is 0 Å². The van der Waals surface area contributed by atoms with Crippen molar-refractivity contribution in [2.45, 2.75) is 19.6 Å². The number of nitrogens with zero attached hydrogens (tertiary/aromatic N) is 1. The molecule has 140 valence electrons. The van der Waals surface area contributed by atoms with Gasteiger partial charge in [0.1, 0.15) is 5.75 Å². The standard InChI is InChI=1S/C19H21F3N2O2/c1-3-26-17-11-7-6-10-16(17)23-18(25)13-24(2)12-14-8-4-5-9-15(14)19(20,21)22/h4-11H,3,12-13H2,1-2H3,(H,23,25). The van der Waals surface area contributed by atoms with Crippen molar-refractivity contribution >= 4 is 11.6 Å². The lowest BCUT2D eigenvalue weighted by Gasteiger charge is -2.20. The molecule has 0 fully saturated rings. The number of carbonyl (C=O) groups is 1. The van der Waals surface area contributed by atoms with Gasteiger partial charge in [0.05, 0.1) is 24.4 Å². The van der Waals surface area contributed by atoms with E-state index in [9.17, 15) is 18.0 Å². The van der Waals surface area contributed by atoms with Crippen LogP contribution in [0.25, 0.3) is 0 Å². The first-order valence-electron chi connectivity index (χ1n) is 8.16. The summed E-state index contributed by atoms with van der Waals surface area (Å²) in [7, 11) is 1.60. The molecule has 26 heavy (non-hydrogen) atoms. The lowest BCUT2D eigenvalue weighted by molar-refractivity contribution is -0.138. The largest absolute Gasteiger partial charge is 0.492 e. The highest BCUT2D eigenvalue weighted by Gasteiger charge is 2.33. The van der Waals surface area contributed by atoms with Gasteiger partial charge in [0.25, 0.3) is 0 Å². The summed E-state index contributed by atoms with van der Waals surface area (Å²) in [6.45, 7) is 2.26. The van der Waals surface area contributed by atoms with Crippen molar-refractivity contribution in [3.05, 3.63) is 59.7 Å². The maximum atomic E-state index is 13.1. The van der Waals surface area contributed by atoms with Crippen LogP contribution in [0.4, 0.5) is 18.9 Å². The van der Waals surface area contributed by atoms with Gasteiger partial charge in [-0.25, -0.2) is 0 Å². The predicted molar refractivity (Wildman–Crippen MR) is 94.0 cm³/mol. The van der Waals surface area contributed by atoms with E-state index in [2.05, 4.69) is 5.32 Å². The molecule has 0 unspecified atom stereocenters. The summed E-state index contributed by atoms with van der Waals surface area (Å²) in [6, 6.07) is 12.4. The van der Waals surface area contributed by atoms with Gasteiger partial charge in [0.2, 0.25) is 5.91 Å². The summed E-state index contributed by atoms with van der Waals surface area (Å²) >= 11 is 0. The van der Waals surface area contributed by atoms with Crippen LogP contribution in [0.3, 0.4) is 0 Å². The van der Waals surface area contributed by atoms with Crippen molar-refractivity contribution in [3.63, 3.8) is 0 Å². The Kier molecular flexibility index (Phi) is 6.63. The van der Waals surface area contributed by atoms with Gasteiger partial charge in [-0.05, 0) is 37.7 Å². The Morgan fingerprint density at radius 3 is 2.46 bits per heavy atom. The molecule has 0 aliphatic heterocycles. The lowest BCUT2D eigenvalue weighted by Crippen LogP contribution is -2.30. The second kappa shape index (κ2) is 8.71. The zero-order chi connectivity index (χ0) is 19.2. The topological polar surface area (TPSA) is 41.6 Å². The number of rotatable bonds is 7. The number of amides is 1. The van der Waals surface area contributed by atoms with Gasteiger partial charge >= 0.3 is 6.18 Å². The van der Waals surface area contributed by atoms with Gasteiger partial charge < -0.3 is 10.1 Å². The molecule has 1 amide bonds. The minimum atomic E-state index is -4.42. The number of para-hydroxylation sites is 2. The minimum Gasteiger partial charge on any atom is -0.492 e. The third-order valence-electron chi connectivity index (χ3n) is 3.64. The molecule has 0 saturated carbocycles. The smallest absolute Gasteiger partial charge is 0.416 e. The molecule has 2 aromatic rings. The second-order valence-corrected chi connectivity index (χ2v) is 5.80. The number of nitrogens with one attached hydrogen (secondary N) is 1. The summed E-state index contributed by atoms with van der Waals surface area (Å²) in [6.07, 6.45) is -4.42. The van der Waals surface area contributed by atoms with E-state index in [1.807, 2.05) is 6.92 Å². The highest BCUT2D eigenvalue weighted by molar-refractivity contribution is 5.93. The van der Waals surface area contributed by atoms with Gasteiger partial charge in [0, 0.05) is 6.54 Å². The van der Waals surface area contributed by atoms with Crippen molar-refractivity contribution in [1.82, 2.24) is 4.90 Å². The third kappa shape index (κ3) is 5.49. The van der Waals surface area contributed by atoms with Crippen molar-refractivity contribution in [1.29, 1.82) is 0 Å². The number of hydrogen-bond donors (Lipinski definition) is 1. The molecular weight excluding hydrogens is 345 g/mol. The van der Waals surface area contributed by atoms with E-state index in [1.165, 1.54) is 17.0 Å². The van der Waals surface area contributed by atoms with Crippen molar-refractivity contribution < 1.29 is 22.7 Å². The summed E-state index contributed by atoms with van der Waals surface area (Å²) in [4.78, 5) is 13.8. The summed E-state index contributed by atoms with van der Waals surface area (Å²) in [5.74, 6) is 0.220. The Morgan fingerprint density at radius 1 is 1.12 bits per heavy atom. The number of hydrogen-bond acceptors (Lipinski definition) is 3. The van der Waals surface area contributed by atoms with Crippen LogP contribution in [0.1, 0.15) is 18.1 Å². The van der Waals surface area contributed by atoms with Crippen LogP contribution < -0.4 is 10.1 Å². The summed E-state index contributed by atoms with van der Waals surface area (Å²) in [5.41, 5.74) is -0.0255.